The van der Waals surface area contributed by atoms with Crippen LogP contribution < -0.4 is 5.32 Å². The Morgan fingerprint density at radius 3 is 1.62 bits per heavy atom. The summed E-state index contributed by atoms with van der Waals surface area (Å²) in [5, 5.41) is 2.85. The van der Waals surface area contributed by atoms with Gasteiger partial charge in [-0.2, -0.15) is 0 Å². The van der Waals surface area contributed by atoms with E-state index in [0.717, 1.165) is 22.3 Å². The van der Waals surface area contributed by atoms with Gasteiger partial charge in [0.15, 0.2) is 0 Å². The Bertz CT molecular complexity index is 1030. The summed E-state index contributed by atoms with van der Waals surface area (Å²) in [4.78, 5) is 37.3. The largest absolute Gasteiger partial charge is 0.460 e. The number of alkyl carbamates (subject to hydrolysis) is 1. The molecule has 2 aromatic carbocycles. The van der Waals surface area contributed by atoms with Gasteiger partial charge in [-0.1, -0.05) is 48.5 Å². The number of carbonyl (C=O) groups excluding carboxylic acids is 3. The van der Waals surface area contributed by atoms with E-state index >= 15 is 0 Å². The zero-order chi connectivity index (χ0) is 27.2. The molecular formula is C30H39NO6. The Labute approximate surface area is 219 Å². The number of ether oxygens (including phenoxy) is 3. The molecule has 7 heteroatoms. The lowest BCUT2D eigenvalue weighted by molar-refractivity contribution is -0.155. The van der Waals surface area contributed by atoms with Crippen LogP contribution in [0.4, 0.5) is 4.79 Å². The van der Waals surface area contributed by atoms with Crippen molar-refractivity contribution in [2.75, 3.05) is 6.61 Å². The van der Waals surface area contributed by atoms with Crippen molar-refractivity contribution in [1.29, 1.82) is 0 Å². The van der Waals surface area contributed by atoms with E-state index in [9.17, 15) is 14.4 Å². The van der Waals surface area contributed by atoms with Gasteiger partial charge in [0.25, 0.3) is 0 Å². The van der Waals surface area contributed by atoms with Gasteiger partial charge in [0.1, 0.15) is 17.8 Å². The van der Waals surface area contributed by atoms with E-state index in [4.69, 9.17) is 14.2 Å². The number of hydrogen-bond donors (Lipinski definition) is 1. The van der Waals surface area contributed by atoms with Gasteiger partial charge in [-0.25, -0.2) is 4.79 Å². The molecule has 3 rings (SSSR count). The van der Waals surface area contributed by atoms with Gasteiger partial charge in [0.05, 0.1) is 0 Å². The molecule has 0 unspecified atom stereocenters. The summed E-state index contributed by atoms with van der Waals surface area (Å²) in [6.45, 7) is 11.0. The van der Waals surface area contributed by atoms with E-state index < -0.39 is 23.3 Å². The second kappa shape index (κ2) is 11.8. The molecule has 0 saturated heterocycles. The molecule has 0 radical (unpaired) electrons. The number of hydrogen-bond acceptors (Lipinski definition) is 6. The fourth-order valence-corrected chi connectivity index (χ4v) is 4.46. The average molecular weight is 510 g/mol. The van der Waals surface area contributed by atoms with Gasteiger partial charge < -0.3 is 19.5 Å². The van der Waals surface area contributed by atoms with E-state index in [2.05, 4.69) is 29.6 Å². The summed E-state index contributed by atoms with van der Waals surface area (Å²) in [6.07, 6.45) is 0.282. The Kier molecular flexibility index (Phi) is 9.00. The van der Waals surface area contributed by atoms with Crippen molar-refractivity contribution in [3.8, 4) is 11.1 Å². The highest BCUT2D eigenvalue weighted by atomic mass is 16.6. The lowest BCUT2D eigenvalue weighted by Gasteiger charge is -2.23. The Balaban J connectivity index is 1.61. The van der Waals surface area contributed by atoms with Crippen LogP contribution in [-0.2, 0) is 23.8 Å². The highest BCUT2D eigenvalue weighted by molar-refractivity contribution is 5.79. The lowest BCUT2D eigenvalue weighted by atomic mass is 9.98. The normalized spacial score (nSPS) is 13.1. The highest BCUT2D eigenvalue weighted by Gasteiger charge is 2.29. The molecule has 0 fully saturated rings. The molecule has 200 valence electrons. The zero-order valence-corrected chi connectivity index (χ0v) is 22.8. The van der Waals surface area contributed by atoms with Gasteiger partial charge >= 0.3 is 18.0 Å². The van der Waals surface area contributed by atoms with Gasteiger partial charge in [0.2, 0.25) is 0 Å². The molecule has 2 aromatic rings. The van der Waals surface area contributed by atoms with E-state index in [1.807, 2.05) is 24.3 Å². The minimum Gasteiger partial charge on any atom is -0.460 e. The van der Waals surface area contributed by atoms with Crippen molar-refractivity contribution in [2.45, 2.75) is 90.4 Å². The maximum atomic E-state index is 12.8. The number of carbonyl (C=O) groups is 3. The third-order valence-electron chi connectivity index (χ3n) is 5.90. The van der Waals surface area contributed by atoms with Crippen LogP contribution in [0.2, 0.25) is 0 Å². The standard InChI is InChI=1S/C30H39NO6/c1-29(2,3)36-26(32)17-15-20(16-18-27(33)37-30(4,5)6)31-28(34)35-19-25-23-13-9-7-11-21(23)22-12-8-10-14-24(22)25/h7-14,20,25H,15-19H2,1-6H3,(H,31,34). The quantitative estimate of drug-likeness (QED) is 0.323. The summed E-state index contributed by atoms with van der Waals surface area (Å²) >= 11 is 0. The van der Waals surface area contributed by atoms with Crippen molar-refractivity contribution < 1.29 is 28.6 Å². The van der Waals surface area contributed by atoms with E-state index in [-0.39, 0.29) is 37.3 Å². The summed E-state index contributed by atoms with van der Waals surface area (Å²) in [6, 6.07) is 15.8. The van der Waals surface area contributed by atoms with Crippen LogP contribution in [0.25, 0.3) is 11.1 Å². The summed E-state index contributed by atoms with van der Waals surface area (Å²) < 4.78 is 16.4. The Morgan fingerprint density at radius 2 is 1.19 bits per heavy atom. The zero-order valence-electron chi connectivity index (χ0n) is 22.8. The minimum absolute atomic E-state index is 0.0554. The molecule has 1 amide bonds. The monoisotopic (exact) mass is 509 g/mol. The molecule has 0 aromatic heterocycles. The van der Waals surface area contributed by atoms with Crippen molar-refractivity contribution in [3.63, 3.8) is 0 Å². The fourth-order valence-electron chi connectivity index (χ4n) is 4.46. The van der Waals surface area contributed by atoms with Gasteiger partial charge in [-0.05, 0) is 76.6 Å². The molecule has 0 saturated carbocycles. The maximum absolute atomic E-state index is 12.8. The van der Waals surface area contributed by atoms with Crippen LogP contribution in [-0.4, -0.2) is 41.9 Å². The van der Waals surface area contributed by atoms with Gasteiger partial charge in [-0.15, -0.1) is 0 Å². The molecule has 1 aliphatic rings. The first-order chi connectivity index (χ1) is 17.3. The molecule has 0 atom stereocenters. The Morgan fingerprint density at radius 1 is 0.757 bits per heavy atom. The number of amides is 1. The topological polar surface area (TPSA) is 90.9 Å². The second-order valence-corrected chi connectivity index (χ2v) is 11.4. The van der Waals surface area contributed by atoms with Crippen LogP contribution in [0.5, 0.6) is 0 Å². The van der Waals surface area contributed by atoms with E-state index in [1.165, 1.54) is 0 Å². The molecule has 1 aliphatic carbocycles. The lowest BCUT2D eigenvalue weighted by Crippen LogP contribution is -2.37. The first-order valence-electron chi connectivity index (χ1n) is 12.9. The fraction of sp³-hybridized carbons (Fsp3) is 0.500. The molecular weight excluding hydrogens is 470 g/mol. The van der Waals surface area contributed by atoms with Crippen LogP contribution >= 0.6 is 0 Å². The average Bonchev–Trinajstić information content (AvgIpc) is 3.11. The van der Waals surface area contributed by atoms with Crippen LogP contribution in [0.15, 0.2) is 48.5 Å². The molecule has 1 N–H and O–H groups in total. The summed E-state index contributed by atoms with van der Waals surface area (Å²) in [5.74, 6) is -0.770. The van der Waals surface area contributed by atoms with Gasteiger partial charge in [-0.3, -0.25) is 9.59 Å². The maximum Gasteiger partial charge on any atom is 0.407 e. The second-order valence-electron chi connectivity index (χ2n) is 11.4. The minimum atomic E-state index is -0.594. The number of nitrogens with one attached hydrogen (secondary N) is 1. The predicted molar refractivity (Wildman–Crippen MR) is 142 cm³/mol. The first-order valence-corrected chi connectivity index (χ1v) is 12.9. The third kappa shape index (κ3) is 8.62. The molecule has 0 heterocycles. The molecule has 0 aliphatic heterocycles. The van der Waals surface area contributed by atoms with E-state index in [1.54, 1.807) is 41.5 Å². The summed E-state index contributed by atoms with van der Waals surface area (Å²) in [5.41, 5.74) is 3.37. The first kappa shape index (κ1) is 28.2. The molecule has 0 spiro atoms. The molecule has 7 nitrogen and oxygen atoms in total. The molecule has 0 bridgehead atoms. The number of rotatable bonds is 9. The highest BCUT2D eigenvalue weighted by Crippen LogP contribution is 2.44. The predicted octanol–water partition coefficient (Wildman–Crippen LogP) is 6.14. The number of fused-ring (bicyclic) bond motifs is 3. The SMILES string of the molecule is CC(C)(C)OC(=O)CCC(CCC(=O)OC(C)(C)C)NC(=O)OCC1c2ccccc2-c2ccccc21. The van der Waals surface area contributed by atoms with Gasteiger partial charge in [0, 0.05) is 24.8 Å². The van der Waals surface area contributed by atoms with Crippen LogP contribution in [0.1, 0.15) is 84.3 Å². The van der Waals surface area contributed by atoms with Crippen molar-refractivity contribution >= 4 is 18.0 Å². The smallest absolute Gasteiger partial charge is 0.407 e. The van der Waals surface area contributed by atoms with Crippen molar-refractivity contribution in [1.82, 2.24) is 5.32 Å². The van der Waals surface area contributed by atoms with Crippen molar-refractivity contribution in [3.05, 3.63) is 59.7 Å². The molecule has 37 heavy (non-hydrogen) atoms. The van der Waals surface area contributed by atoms with Crippen LogP contribution in [0, 0.1) is 0 Å². The Hall–Kier alpha value is -3.35. The summed E-state index contributed by atoms with van der Waals surface area (Å²) in [7, 11) is 0. The number of benzene rings is 2. The third-order valence-corrected chi connectivity index (χ3v) is 5.90. The van der Waals surface area contributed by atoms with Crippen LogP contribution in [0.3, 0.4) is 0 Å². The number of esters is 2. The van der Waals surface area contributed by atoms with Crippen molar-refractivity contribution in [2.24, 2.45) is 0 Å². The van der Waals surface area contributed by atoms with E-state index in [0.29, 0.717) is 12.8 Å².